The molecule has 0 aromatic carbocycles. The van der Waals surface area contributed by atoms with Gasteiger partial charge < -0.3 is 24.1 Å². The molecule has 0 saturated carbocycles. The molecule has 0 rings (SSSR count). The van der Waals surface area contributed by atoms with Crippen LogP contribution in [0.5, 0.6) is 0 Å². The van der Waals surface area contributed by atoms with Gasteiger partial charge in [-0.05, 0) is 19.5 Å². The van der Waals surface area contributed by atoms with Crippen LogP contribution in [-0.2, 0) is 42.7 Å². The van der Waals surface area contributed by atoms with Crippen molar-refractivity contribution >= 4 is 49.0 Å². The monoisotopic (exact) mass is 775 g/mol. The molecule has 0 radical (unpaired) electrons. The number of ether oxygens (including phenoxy) is 3. The quantitative estimate of drug-likeness (QED) is 0.0548. The van der Waals surface area contributed by atoms with Crippen LogP contribution in [0.2, 0.25) is 0 Å². The number of hydrogen-bond acceptors (Lipinski definition) is 10. The number of rotatable bonds is 31. The highest BCUT2D eigenvalue weighted by atomic mass is 32.2. The normalized spacial score (nSPS) is 13.6. The minimum absolute atomic E-state index is 0.00630. The summed E-state index contributed by atoms with van der Waals surface area (Å²) in [7, 11) is -1.11. The molecule has 52 heavy (non-hydrogen) atoms. The summed E-state index contributed by atoms with van der Waals surface area (Å²) in [6.45, 7) is 28.9. The molecule has 12 heteroatoms. The van der Waals surface area contributed by atoms with E-state index in [-0.39, 0.29) is 121 Å². The highest BCUT2D eigenvalue weighted by Gasteiger charge is 2.39. The molecule has 0 spiro atoms. The molecule has 1 amide bonds. The SMILES string of the molecule is CCC(=O)CCOCC(COCCC(=O)C(C)C)(COCCC(=O)C(C)C)NC(=O)CP(C)OCCC(C)(C)SC(C)(C)CC(C)(C)C(=O)C(C)C. The molecule has 0 heterocycles. The summed E-state index contributed by atoms with van der Waals surface area (Å²) < 4.78 is 23.8. The highest BCUT2D eigenvalue weighted by molar-refractivity contribution is 8.01. The van der Waals surface area contributed by atoms with Crippen molar-refractivity contribution in [2.45, 2.75) is 144 Å². The standard InChI is InChI=1S/C40H74NO9PS/c1-15-32(42)16-20-47-26-40(27-48-21-17-33(43)29(2)3,28-49-22-18-34(44)30(4)5)41-35(45)24-51(14)50-23-19-38(10,11)52-39(12,13)25-37(8,9)36(46)31(6)7/h29-31H,15-28H2,1-14H3,(H,41,45). The Labute approximate surface area is 321 Å². The second-order valence-electron chi connectivity index (χ2n) is 16.9. The summed E-state index contributed by atoms with van der Waals surface area (Å²) in [4.78, 5) is 62.8. The number of carbonyl (C=O) groups is 5. The van der Waals surface area contributed by atoms with Crippen molar-refractivity contribution < 1.29 is 42.7 Å². The number of hydrogen-bond donors (Lipinski definition) is 1. The van der Waals surface area contributed by atoms with Crippen molar-refractivity contribution in [1.82, 2.24) is 5.32 Å². The van der Waals surface area contributed by atoms with E-state index in [1.807, 2.05) is 73.8 Å². The van der Waals surface area contributed by atoms with Gasteiger partial charge in [0.25, 0.3) is 0 Å². The van der Waals surface area contributed by atoms with E-state index in [2.05, 4.69) is 33.0 Å². The summed E-state index contributed by atoms with van der Waals surface area (Å²) >= 11 is 1.86. The van der Waals surface area contributed by atoms with Crippen LogP contribution in [0.4, 0.5) is 0 Å². The van der Waals surface area contributed by atoms with E-state index in [9.17, 15) is 24.0 Å². The minimum atomic E-state index is -1.11. The number of thioether (sulfide) groups is 1. The average molecular weight is 776 g/mol. The van der Waals surface area contributed by atoms with Crippen LogP contribution < -0.4 is 5.32 Å². The highest BCUT2D eigenvalue weighted by Crippen LogP contribution is 2.46. The van der Waals surface area contributed by atoms with E-state index >= 15 is 0 Å². The van der Waals surface area contributed by atoms with Crippen molar-refractivity contribution in [3.63, 3.8) is 0 Å². The van der Waals surface area contributed by atoms with Crippen molar-refractivity contribution in [2.24, 2.45) is 23.2 Å². The van der Waals surface area contributed by atoms with Crippen molar-refractivity contribution in [1.29, 1.82) is 0 Å². The third-order valence-electron chi connectivity index (χ3n) is 8.73. The first-order valence-corrected chi connectivity index (χ1v) is 21.8. The van der Waals surface area contributed by atoms with E-state index in [0.29, 0.717) is 13.0 Å². The van der Waals surface area contributed by atoms with Crippen molar-refractivity contribution in [3.05, 3.63) is 0 Å². The van der Waals surface area contributed by atoms with Gasteiger partial charge >= 0.3 is 0 Å². The number of carbonyl (C=O) groups excluding carboxylic acids is 5. The first-order valence-electron chi connectivity index (χ1n) is 19.1. The second-order valence-corrected chi connectivity index (χ2v) is 21.2. The van der Waals surface area contributed by atoms with E-state index < -0.39 is 19.1 Å². The summed E-state index contributed by atoms with van der Waals surface area (Å²) in [6, 6.07) is 0. The van der Waals surface area contributed by atoms with E-state index in [0.717, 1.165) is 12.8 Å². The van der Waals surface area contributed by atoms with Crippen LogP contribution >= 0.6 is 19.9 Å². The van der Waals surface area contributed by atoms with Crippen LogP contribution in [0.15, 0.2) is 0 Å². The Morgan fingerprint density at radius 2 is 1.13 bits per heavy atom. The second kappa shape index (κ2) is 24.3. The molecule has 0 aromatic heterocycles. The zero-order valence-electron chi connectivity index (χ0n) is 35.2. The minimum Gasteiger partial charge on any atom is -0.378 e. The molecule has 0 bridgehead atoms. The van der Waals surface area contributed by atoms with Gasteiger partial charge in [0, 0.05) is 66.5 Å². The van der Waals surface area contributed by atoms with Crippen LogP contribution in [0.3, 0.4) is 0 Å². The lowest BCUT2D eigenvalue weighted by atomic mass is 9.76. The summed E-state index contributed by atoms with van der Waals surface area (Å²) in [6.07, 6.45) is 2.83. The predicted octanol–water partition coefficient (Wildman–Crippen LogP) is 7.86. The summed E-state index contributed by atoms with van der Waals surface area (Å²) in [5, 5.41) is 3.10. The average Bonchev–Trinajstić information content (AvgIpc) is 3.00. The molecule has 0 saturated heterocycles. The van der Waals surface area contributed by atoms with Crippen LogP contribution in [-0.4, -0.2) is 103 Å². The van der Waals surface area contributed by atoms with Crippen molar-refractivity contribution in [3.8, 4) is 0 Å². The van der Waals surface area contributed by atoms with Gasteiger partial charge in [-0.15, -0.1) is 11.8 Å². The van der Waals surface area contributed by atoms with Gasteiger partial charge in [-0.2, -0.15) is 0 Å². The fourth-order valence-electron chi connectivity index (χ4n) is 6.12. The number of Topliss-reactive ketones (excluding diaryl/α,β-unsaturated/α-hetero) is 4. The fourth-order valence-corrected chi connectivity index (χ4v) is 9.21. The Morgan fingerprint density at radius 1 is 0.673 bits per heavy atom. The topological polar surface area (TPSA) is 134 Å². The molecule has 1 N–H and O–H groups in total. The van der Waals surface area contributed by atoms with Crippen LogP contribution in [0.25, 0.3) is 0 Å². The maximum Gasteiger partial charge on any atom is 0.227 e. The Morgan fingerprint density at radius 3 is 1.56 bits per heavy atom. The third-order valence-corrected chi connectivity index (χ3v) is 11.5. The van der Waals surface area contributed by atoms with Crippen LogP contribution in [0.1, 0.15) is 129 Å². The Kier molecular flexibility index (Phi) is 23.7. The third kappa shape index (κ3) is 22.2. The van der Waals surface area contributed by atoms with Crippen molar-refractivity contribution in [2.75, 3.05) is 59.1 Å². The van der Waals surface area contributed by atoms with Gasteiger partial charge in [0.2, 0.25) is 5.91 Å². The fraction of sp³-hybridized carbons (Fsp3) is 0.875. The number of amides is 1. The molecule has 0 aliphatic carbocycles. The molecule has 0 aromatic rings. The molecule has 10 nitrogen and oxygen atoms in total. The first-order chi connectivity index (χ1) is 23.9. The molecule has 1 atom stereocenters. The predicted molar refractivity (Wildman–Crippen MR) is 214 cm³/mol. The van der Waals surface area contributed by atoms with E-state index in [4.69, 9.17) is 18.7 Å². The Bertz CT molecular complexity index is 1090. The lowest BCUT2D eigenvalue weighted by Gasteiger charge is -2.39. The van der Waals surface area contributed by atoms with Gasteiger partial charge in [0.1, 0.15) is 28.7 Å². The molecule has 0 fully saturated rings. The molecule has 304 valence electrons. The largest absolute Gasteiger partial charge is 0.378 e. The van der Waals surface area contributed by atoms with Crippen LogP contribution in [0, 0.1) is 23.2 Å². The molecular formula is C40H74NO9PS. The molecule has 0 aliphatic rings. The molecule has 0 aliphatic heterocycles. The zero-order chi connectivity index (χ0) is 40.3. The molecule has 1 unspecified atom stereocenters. The van der Waals surface area contributed by atoms with Gasteiger partial charge in [-0.3, -0.25) is 24.0 Å². The lowest BCUT2D eigenvalue weighted by molar-refractivity contribution is -0.131. The van der Waals surface area contributed by atoms with Gasteiger partial charge in [-0.25, -0.2) is 0 Å². The Balaban J connectivity index is 5.62. The van der Waals surface area contributed by atoms with E-state index in [1.165, 1.54) is 0 Å². The van der Waals surface area contributed by atoms with Gasteiger partial charge in [0.15, 0.2) is 0 Å². The summed E-state index contributed by atoms with van der Waals surface area (Å²) in [5.74, 6) is 0.0338. The number of ketones is 4. The molecular weight excluding hydrogens is 701 g/mol. The smallest absolute Gasteiger partial charge is 0.227 e. The van der Waals surface area contributed by atoms with E-state index in [1.54, 1.807) is 6.92 Å². The summed E-state index contributed by atoms with van der Waals surface area (Å²) in [5.41, 5.74) is -1.53. The zero-order valence-corrected chi connectivity index (χ0v) is 36.9. The lowest BCUT2D eigenvalue weighted by Crippen LogP contribution is -2.59. The first kappa shape index (κ1) is 50.8. The van der Waals surface area contributed by atoms with Gasteiger partial charge in [-0.1, -0.05) is 90.0 Å². The Hall–Kier alpha value is -1.23. The number of nitrogens with one attached hydrogen (secondary N) is 1. The van der Waals surface area contributed by atoms with Gasteiger partial charge in [0.05, 0.1) is 52.4 Å². The maximum atomic E-state index is 13.6. The maximum absolute atomic E-state index is 13.6.